The molecule has 2 aliphatic rings. The van der Waals surface area contributed by atoms with Gasteiger partial charge in [0.05, 0.1) is 12.7 Å². The third-order valence-electron chi connectivity index (χ3n) is 7.69. The molecule has 1 saturated carbocycles. The Balaban J connectivity index is 1.64. The smallest absolute Gasteiger partial charge is 0.272 e. The van der Waals surface area contributed by atoms with Crippen LogP contribution in [0.4, 0.5) is 0 Å². The number of nitrogens with zero attached hydrogens (tertiary/aromatic N) is 4. The molecule has 1 aromatic carbocycles. The van der Waals surface area contributed by atoms with Crippen molar-refractivity contribution in [3.8, 4) is 16.9 Å². The van der Waals surface area contributed by atoms with Gasteiger partial charge in [-0.05, 0) is 63.3 Å². The summed E-state index contributed by atoms with van der Waals surface area (Å²) in [4.78, 5) is 18.5. The molecule has 0 unspecified atom stereocenters. The molecule has 2 fully saturated rings. The molecule has 5 rings (SSSR count). The topological polar surface area (TPSA) is 106 Å². The fourth-order valence-electron chi connectivity index (χ4n) is 5.70. The molecule has 0 bridgehead atoms. The van der Waals surface area contributed by atoms with Gasteiger partial charge >= 0.3 is 0 Å². The quantitative estimate of drug-likeness (QED) is 0.457. The van der Waals surface area contributed by atoms with Gasteiger partial charge in [-0.2, -0.15) is 9.40 Å². The Labute approximate surface area is 224 Å². The van der Waals surface area contributed by atoms with E-state index in [1.54, 1.807) is 22.7 Å². The number of carbonyl (C=O) groups is 1. The van der Waals surface area contributed by atoms with E-state index < -0.39 is 10.0 Å². The number of ether oxygens (including phenoxy) is 1. The lowest BCUT2D eigenvalue weighted by Crippen LogP contribution is -2.35. The maximum atomic E-state index is 13.7. The Morgan fingerprint density at radius 2 is 1.68 bits per heavy atom. The second kappa shape index (κ2) is 11.0. The Hall–Kier alpha value is -2.98. The second-order valence-corrected chi connectivity index (χ2v) is 12.4. The largest absolute Gasteiger partial charge is 0.495 e. The van der Waals surface area contributed by atoms with Crippen LogP contribution in [0.25, 0.3) is 16.8 Å². The van der Waals surface area contributed by atoms with Gasteiger partial charge in [0.2, 0.25) is 10.0 Å². The van der Waals surface area contributed by atoms with E-state index in [0.29, 0.717) is 29.9 Å². The lowest BCUT2D eigenvalue weighted by atomic mass is 10.0. The van der Waals surface area contributed by atoms with Crippen LogP contribution in [0.3, 0.4) is 0 Å². The number of hydrogen-bond donors (Lipinski definition) is 1. The standard InChI is InChI=1S/C28H37N5O4S/c1-19-17-20(2)33-27(29-19)25(26(31-33)28(34)30-22-11-7-4-5-8-12-22)21-13-14-23(37-3)24(18-21)38(35,36)32-15-9-6-10-16-32/h13-14,17-18,22H,4-12,15-16H2,1-3H3,(H,30,34). The van der Waals surface area contributed by atoms with Gasteiger partial charge < -0.3 is 10.1 Å². The van der Waals surface area contributed by atoms with E-state index in [0.717, 1.165) is 56.3 Å². The number of fused-ring (bicyclic) bond motifs is 1. The van der Waals surface area contributed by atoms with Gasteiger partial charge in [-0.15, -0.1) is 0 Å². The van der Waals surface area contributed by atoms with E-state index in [-0.39, 0.29) is 28.3 Å². The van der Waals surface area contributed by atoms with Crippen molar-refractivity contribution in [3.05, 3.63) is 41.3 Å². The van der Waals surface area contributed by atoms with E-state index >= 15 is 0 Å². The third kappa shape index (κ3) is 5.16. The van der Waals surface area contributed by atoms with Gasteiger partial charge in [-0.3, -0.25) is 4.79 Å². The number of methoxy groups -OCH3 is 1. The maximum Gasteiger partial charge on any atom is 0.272 e. The van der Waals surface area contributed by atoms with Crippen LogP contribution in [0.1, 0.15) is 79.7 Å². The summed E-state index contributed by atoms with van der Waals surface area (Å²) in [7, 11) is -2.32. The summed E-state index contributed by atoms with van der Waals surface area (Å²) in [5.74, 6) is 0.0197. The van der Waals surface area contributed by atoms with Crippen molar-refractivity contribution in [2.75, 3.05) is 20.2 Å². The van der Waals surface area contributed by atoms with Crippen LogP contribution < -0.4 is 10.1 Å². The average molecular weight is 540 g/mol. The van der Waals surface area contributed by atoms with Gasteiger partial charge in [0.15, 0.2) is 11.3 Å². The molecule has 38 heavy (non-hydrogen) atoms. The number of sulfonamides is 1. The van der Waals surface area contributed by atoms with Crippen LogP contribution in [0, 0.1) is 13.8 Å². The Morgan fingerprint density at radius 3 is 2.37 bits per heavy atom. The lowest BCUT2D eigenvalue weighted by Gasteiger charge is -2.26. The first-order chi connectivity index (χ1) is 18.3. The number of amides is 1. The van der Waals surface area contributed by atoms with Gasteiger partial charge in [0.1, 0.15) is 10.6 Å². The van der Waals surface area contributed by atoms with Crippen molar-refractivity contribution in [3.63, 3.8) is 0 Å². The molecular formula is C28H37N5O4S. The van der Waals surface area contributed by atoms with Gasteiger partial charge in [-0.1, -0.05) is 38.2 Å². The molecular weight excluding hydrogens is 502 g/mol. The lowest BCUT2D eigenvalue weighted by molar-refractivity contribution is 0.0928. The molecule has 1 saturated heterocycles. The summed E-state index contributed by atoms with van der Waals surface area (Å²) in [6.07, 6.45) is 9.17. The van der Waals surface area contributed by atoms with E-state index in [4.69, 9.17) is 14.8 Å². The molecule has 9 nitrogen and oxygen atoms in total. The summed E-state index contributed by atoms with van der Waals surface area (Å²) in [5.41, 5.74) is 3.51. The number of carbonyl (C=O) groups excluding carboxylic acids is 1. The number of aromatic nitrogens is 3. The first kappa shape index (κ1) is 26.6. The number of aryl methyl sites for hydroxylation is 2. The SMILES string of the molecule is COc1ccc(-c2c(C(=O)NC3CCCCCC3)nn3c(C)cc(C)nc23)cc1S(=O)(=O)N1CCCCC1. The highest BCUT2D eigenvalue weighted by Gasteiger charge is 2.31. The molecule has 2 aromatic heterocycles. The number of benzene rings is 1. The molecule has 10 heteroatoms. The van der Waals surface area contributed by atoms with Crippen molar-refractivity contribution in [2.24, 2.45) is 0 Å². The average Bonchev–Trinajstić information content (AvgIpc) is 3.11. The van der Waals surface area contributed by atoms with Crippen LogP contribution in [0.15, 0.2) is 29.2 Å². The summed E-state index contributed by atoms with van der Waals surface area (Å²) in [6.45, 7) is 4.80. The van der Waals surface area contributed by atoms with Crippen molar-refractivity contribution < 1.29 is 17.9 Å². The minimum atomic E-state index is -3.79. The van der Waals surface area contributed by atoms with Crippen LogP contribution in [0.2, 0.25) is 0 Å². The van der Waals surface area contributed by atoms with E-state index in [2.05, 4.69) is 5.32 Å². The van der Waals surface area contributed by atoms with Gasteiger partial charge in [0.25, 0.3) is 5.91 Å². The zero-order valence-corrected chi connectivity index (χ0v) is 23.3. The molecule has 1 aliphatic carbocycles. The second-order valence-electron chi connectivity index (χ2n) is 10.5. The molecule has 1 N–H and O–H groups in total. The molecule has 1 amide bonds. The van der Waals surface area contributed by atoms with Crippen LogP contribution in [-0.4, -0.2) is 59.5 Å². The van der Waals surface area contributed by atoms with E-state index in [1.807, 2.05) is 19.9 Å². The van der Waals surface area contributed by atoms with Gasteiger partial charge in [-0.25, -0.2) is 17.9 Å². The minimum absolute atomic E-state index is 0.0956. The fraction of sp³-hybridized carbons (Fsp3) is 0.536. The minimum Gasteiger partial charge on any atom is -0.495 e. The van der Waals surface area contributed by atoms with Crippen molar-refractivity contribution in [2.45, 2.75) is 82.6 Å². The molecule has 204 valence electrons. The summed E-state index contributed by atoms with van der Waals surface area (Å²) >= 11 is 0. The molecule has 3 heterocycles. The zero-order valence-electron chi connectivity index (χ0n) is 22.5. The van der Waals surface area contributed by atoms with Crippen molar-refractivity contribution >= 4 is 21.6 Å². The highest BCUT2D eigenvalue weighted by Crippen LogP contribution is 2.36. The molecule has 1 aliphatic heterocycles. The van der Waals surface area contributed by atoms with E-state index in [9.17, 15) is 13.2 Å². The highest BCUT2D eigenvalue weighted by molar-refractivity contribution is 7.89. The molecule has 0 spiro atoms. The normalized spacial score (nSPS) is 17.9. The first-order valence-corrected chi connectivity index (χ1v) is 15.1. The monoisotopic (exact) mass is 539 g/mol. The first-order valence-electron chi connectivity index (χ1n) is 13.7. The molecule has 0 atom stereocenters. The fourth-order valence-corrected chi connectivity index (χ4v) is 7.40. The summed E-state index contributed by atoms with van der Waals surface area (Å²) in [5, 5.41) is 7.90. The molecule has 0 radical (unpaired) electrons. The Kier molecular flexibility index (Phi) is 7.72. The maximum absolute atomic E-state index is 13.7. The highest BCUT2D eigenvalue weighted by atomic mass is 32.2. The van der Waals surface area contributed by atoms with E-state index in [1.165, 1.54) is 24.3 Å². The number of rotatable bonds is 6. The van der Waals surface area contributed by atoms with Crippen molar-refractivity contribution in [1.29, 1.82) is 0 Å². The van der Waals surface area contributed by atoms with Crippen LogP contribution in [0.5, 0.6) is 5.75 Å². The Morgan fingerprint density at radius 1 is 1.00 bits per heavy atom. The number of nitrogens with one attached hydrogen (secondary N) is 1. The predicted octanol–water partition coefficient (Wildman–Crippen LogP) is 4.65. The Bertz CT molecular complexity index is 1440. The number of hydrogen-bond acceptors (Lipinski definition) is 6. The zero-order chi connectivity index (χ0) is 26.9. The molecule has 3 aromatic rings. The summed E-state index contributed by atoms with van der Waals surface area (Å²) in [6, 6.07) is 7.07. The summed E-state index contributed by atoms with van der Waals surface area (Å²) < 4.78 is 36.1. The number of piperidine rings is 1. The van der Waals surface area contributed by atoms with Crippen LogP contribution >= 0.6 is 0 Å². The van der Waals surface area contributed by atoms with Crippen molar-refractivity contribution in [1.82, 2.24) is 24.2 Å². The van der Waals surface area contributed by atoms with Crippen LogP contribution in [-0.2, 0) is 10.0 Å². The third-order valence-corrected chi connectivity index (χ3v) is 9.61. The van der Waals surface area contributed by atoms with Gasteiger partial charge in [0, 0.05) is 30.5 Å². The predicted molar refractivity (Wildman–Crippen MR) is 146 cm³/mol.